The van der Waals surface area contributed by atoms with E-state index in [2.05, 4.69) is 30.5 Å². The van der Waals surface area contributed by atoms with Crippen molar-refractivity contribution in [3.63, 3.8) is 0 Å². The first kappa shape index (κ1) is 16.7. The molecule has 0 amide bonds. The van der Waals surface area contributed by atoms with E-state index < -0.39 is 0 Å². The Labute approximate surface area is 146 Å². The van der Waals surface area contributed by atoms with Crippen LogP contribution < -0.4 is 16.4 Å². The summed E-state index contributed by atoms with van der Waals surface area (Å²) in [5.74, 6) is 1.14. The highest BCUT2D eigenvalue weighted by atomic mass is 35.5. The summed E-state index contributed by atoms with van der Waals surface area (Å²) in [5, 5.41) is 6.76. The van der Waals surface area contributed by atoms with Gasteiger partial charge < -0.3 is 21.3 Å². The van der Waals surface area contributed by atoms with Crippen molar-refractivity contribution in [1.29, 1.82) is 0 Å². The summed E-state index contributed by atoms with van der Waals surface area (Å²) in [5.41, 5.74) is 7.30. The second-order valence-corrected chi connectivity index (χ2v) is 6.14. The zero-order chi connectivity index (χ0) is 16.8. The molecule has 2 aromatic rings. The molecule has 0 saturated carbocycles. The number of anilines is 4. The molecule has 0 aromatic carbocycles. The van der Waals surface area contributed by atoms with Crippen LogP contribution in [0.1, 0.15) is 19.3 Å². The molecule has 0 spiro atoms. The lowest BCUT2D eigenvalue weighted by atomic mass is 10.1. The third-order valence-corrected chi connectivity index (χ3v) is 4.37. The standard InChI is InChI=1S/C16H22ClN7/c17-14-12(5-4-6-19-14)23-16-13(18)15(21-11-22-16)20-7-10-24-8-2-1-3-9-24/h4-6,11H,1-3,7-10,18H2,(H2,20,21,22,23). The number of nitrogens with zero attached hydrogens (tertiary/aromatic N) is 4. The Morgan fingerprint density at radius 2 is 1.92 bits per heavy atom. The minimum absolute atomic E-state index is 0.370. The molecule has 1 saturated heterocycles. The van der Waals surface area contributed by atoms with Gasteiger partial charge in [-0.3, -0.25) is 0 Å². The summed E-state index contributed by atoms with van der Waals surface area (Å²) in [6.07, 6.45) is 7.02. The van der Waals surface area contributed by atoms with Crippen LogP contribution in [-0.4, -0.2) is 46.0 Å². The molecule has 1 fully saturated rings. The quantitative estimate of drug-likeness (QED) is 0.692. The van der Waals surface area contributed by atoms with Crippen LogP contribution in [0, 0.1) is 0 Å². The third kappa shape index (κ3) is 4.24. The summed E-state index contributed by atoms with van der Waals surface area (Å²) in [4.78, 5) is 14.9. The van der Waals surface area contributed by atoms with Crippen molar-refractivity contribution in [1.82, 2.24) is 19.9 Å². The van der Waals surface area contributed by atoms with Crippen LogP contribution in [0.15, 0.2) is 24.7 Å². The van der Waals surface area contributed by atoms with Gasteiger partial charge in [0.15, 0.2) is 16.8 Å². The molecule has 3 rings (SSSR count). The summed E-state index contributed by atoms with van der Waals surface area (Å²) in [6.45, 7) is 4.13. The average Bonchev–Trinajstić information content (AvgIpc) is 2.61. The molecule has 2 aromatic heterocycles. The number of hydrogen-bond donors (Lipinski definition) is 3. The number of nitrogens with two attached hydrogens (primary N) is 1. The van der Waals surface area contributed by atoms with Crippen LogP contribution in [-0.2, 0) is 0 Å². The third-order valence-electron chi connectivity index (χ3n) is 4.07. The SMILES string of the molecule is Nc1c(NCCN2CCCCC2)ncnc1Nc1cccnc1Cl. The molecule has 24 heavy (non-hydrogen) atoms. The van der Waals surface area contributed by atoms with Gasteiger partial charge in [-0.25, -0.2) is 15.0 Å². The van der Waals surface area contributed by atoms with E-state index >= 15 is 0 Å². The topological polar surface area (TPSA) is 92.0 Å². The maximum absolute atomic E-state index is 6.17. The van der Waals surface area contributed by atoms with Crippen LogP contribution in [0.25, 0.3) is 0 Å². The molecule has 8 heteroatoms. The van der Waals surface area contributed by atoms with Gasteiger partial charge in [-0.1, -0.05) is 18.0 Å². The van der Waals surface area contributed by atoms with E-state index in [0.29, 0.717) is 28.2 Å². The summed E-state index contributed by atoms with van der Waals surface area (Å²) in [7, 11) is 0. The van der Waals surface area contributed by atoms with E-state index in [1.807, 2.05) is 6.07 Å². The second kappa shape index (κ2) is 8.12. The average molecular weight is 348 g/mol. The van der Waals surface area contributed by atoms with Crippen LogP contribution in [0.4, 0.5) is 23.0 Å². The molecule has 1 aliphatic rings. The Balaban J connectivity index is 1.61. The van der Waals surface area contributed by atoms with Gasteiger partial charge in [-0.05, 0) is 38.1 Å². The molecule has 0 bridgehead atoms. The van der Waals surface area contributed by atoms with Gasteiger partial charge >= 0.3 is 0 Å². The van der Waals surface area contributed by atoms with Gasteiger partial charge in [0.2, 0.25) is 0 Å². The van der Waals surface area contributed by atoms with Crippen LogP contribution >= 0.6 is 11.6 Å². The number of likely N-dealkylation sites (tertiary alicyclic amines) is 1. The smallest absolute Gasteiger partial charge is 0.159 e. The van der Waals surface area contributed by atoms with Crippen LogP contribution in [0.2, 0.25) is 5.15 Å². The molecule has 128 valence electrons. The Morgan fingerprint density at radius 1 is 1.12 bits per heavy atom. The predicted molar refractivity (Wildman–Crippen MR) is 97.8 cm³/mol. The van der Waals surface area contributed by atoms with Gasteiger partial charge in [0.1, 0.15) is 12.0 Å². The second-order valence-electron chi connectivity index (χ2n) is 5.78. The van der Waals surface area contributed by atoms with Crippen molar-refractivity contribution < 1.29 is 0 Å². The fourth-order valence-corrected chi connectivity index (χ4v) is 2.92. The maximum Gasteiger partial charge on any atom is 0.159 e. The van der Waals surface area contributed by atoms with Crippen molar-refractivity contribution in [2.75, 3.05) is 42.5 Å². The molecular formula is C16H22ClN7. The highest BCUT2D eigenvalue weighted by molar-refractivity contribution is 6.32. The summed E-state index contributed by atoms with van der Waals surface area (Å²) in [6, 6.07) is 3.61. The molecule has 3 heterocycles. The van der Waals surface area contributed by atoms with E-state index in [4.69, 9.17) is 17.3 Å². The lowest BCUT2D eigenvalue weighted by Crippen LogP contribution is -2.33. The Bertz CT molecular complexity index is 673. The molecule has 0 atom stereocenters. The number of nitrogens with one attached hydrogen (secondary N) is 2. The van der Waals surface area contributed by atoms with Crippen molar-refractivity contribution in [2.24, 2.45) is 0 Å². The number of nitrogen functional groups attached to an aromatic ring is 1. The van der Waals surface area contributed by atoms with Gasteiger partial charge in [0.05, 0.1) is 5.69 Å². The van der Waals surface area contributed by atoms with Gasteiger partial charge in [-0.15, -0.1) is 0 Å². The summed E-state index contributed by atoms with van der Waals surface area (Å²) < 4.78 is 0. The van der Waals surface area contributed by atoms with Crippen molar-refractivity contribution in [3.05, 3.63) is 29.8 Å². The predicted octanol–water partition coefficient (Wildman–Crippen LogP) is 2.75. The minimum atomic E-state index is 0.370. The Hall–Kier alpha value is -2.12. The van der Waals surface area contributed by atoms with E-state index in [1.54, 1.807) is 12.3 Å². The first-order valence-electron chi connectivity index (χ1n) is 8.18. The number of pyridine rings is 1. The molecule has 1 aliphatic heterocycles. The fraction of sp³-hybridized carbons (Fsp3) is 0.438. The Morgan fingerprint density at radius 3 is 2.71 bits per heavy atom. The molecule has 0 aliphatic carbocycles. The number of piperidine rings is 1. The fourth-order valence-electron chi connectivity index (χ4n) is 2.76. The van der Waals surface area contributed by atoms with Crippen molar-refractivity contribution in [2.45, 2.75) is 19.3 Å². The van der Waals surface area contributed by atoms with Crippen LogP contribution in [0.3, 0.4) is 0 Å². The number of halogens is 1. The highest BCUT2D eigenvalue weighted by Crippen LogP contribution is 2.28. The minimum Gasteiger partial charge on any atom is -0.393 e. The molecule has 0 radical (unpaired) electrons. The van der Waals surface area contributed by atoms with E-state index in [0.717, 1.165) is 13.1 Å². The van der Waals surface area contributed by atoms with E-state index in [-0.39, 0.29) is 0 Å². The molecule has 7 nitrogen and oxygen atoms in total. The van der Waals surface area contributed by atoms with E-state index in [9.17, 15) is 0 Å². The Kier molecular flexibility index (Phi) is 5.66. The van der Waals surface area contributed by atoms with Crippen molar-refractivity contribution in [3.8, 4) is 0 Å². The lowest BCUT2D eigenvalue weighted by Gasteiger charge is -2.26. The normalized spacial score (nSPS) is 15.2. The molecule has 4 N–H and O–H groups in total. The number of rotatable bonds is 6. The van der Waals surface area contributed by atoms with Gasteiger partial charge in [-0.2, -0.15) is 0 Å². The number of hydrogen-bond acceptors (Lipinski definition) is 7. The maximum atomic E-state index is 6.17. The first-order chi connectivity index (χ1) is 11.7. The zero-order valence-electron chi connectivity index (χ0n) is 13.5. The first-order valence-corrected chi connectivity index (χ1v) is 8.56. The van der Waals surface area contributed by atoms with Crippen molar-refractivity contribution >= 4 is 34.6 Å². The summed E-state index contributed by atoms with van der Waals surface area (Å²) >= 11 is 6.06. The largest absolute Gasteiger partial charge is 0.393 e. The highest BCUT2D eigenvalue weighted by Gasteiger charge is 2.12. The molecule has 0 unspecified atom stereocenters. The van der Waals surface area contributed by atoms with Gasteiger partial charge in [0, 0.05) is 19.3 Å². The zero-order valence-corrected chi connectivity index (χ0v) is 14.3. The number of aromatic nitrogens is 3. The monoisotopic (exact) mass is 347 g/mol. The van der Waals surface area contributed by atoms with Gasteiger partial charge in [0.25, 0.3) is 0 Å². The van der Waals surface area contributed by atoms with Crippen LogP contribution in [0.5, 0.6) is 0 Å². The van der Waals surface area contributed by atoms with E-state index in [1.165, 1.54) is 38.7 Å². The lowest BCUT2D eigenvalue weighted by molar-refractivity contribution is 0.237. The molecular weight excluding hydrogens is 326 g/mol.